The van der Waals surface area contributed by atoms with Crippen LogP contribution in [0.15, 0.2) is 235 Å². The van der Waals surface area contributed by atoms with Gasteiger partial charge in [0.05, 0.1) is 11.0 Å². The summed E-state index contributed by atoms with van der Waals surface area (Å²) in [5, 5.41) is 7.00. The normalized spacial score (nSPS) is 11.6. The molecule has 0 aliphatic rings. The molecular formula is C58H38N2O. The SMILES string of the molecule is c1ccc(-c2ccc(N(c3ccc(-c4ccccc4)cc3)c3ccc4c(c3)oc3c(-c5cccc6c5c5ccccc5n6-c5ccccc5)cc5ccccc5c34)cc2)cc1. The van der Waals surface area contributed by atoms with E-state index in [2.05, 4.69) is 240 Å². The van der Waals surface area contributed by atoms with E-state index in [4.69, 9.17) is 4.42 Å². The zero-order chi connectivity index (χ0) is 40.3. The molecular weight excluding hydrogens is 741 g/mol. The second-order valence-corrected chi connectivity index (χ2v) is 15.7. The van der Waals surface area contributed by atoms with Crippen LogP contribution < -0.4 is 4.90 Å². The van der Waals surface area contributed by atoms with E-state index >= 15 is 0 Å². The van der Waals surface area contributed by atoms with Gasteiger partial charge < -0.3 is 13.9 Å². The van der Waals surface area contributed by atoms with Crippen LogP contribution in [0.1, 0.15) is 0 Å². The molecule has 0 unspecified atom stereocenters. The Morgan fingerprint density at radius 1 is 0.344 bits per heavy atom. The Kier molecular flexibility index (Phi) is 8.17. The van der Waals surface area contributed by atoms with Gasteiger partial charge in [0.25, 0.3) is 0 Å². The highest BCUT2D eigenvalue weighted by Gasteiger charge is 2.22. The van der Waals surface area contributed by atoms with Crippen molar-refractivity contribution in [3.63, 3.8) is 0 Å². The third-order valence-corrected chi connectivity index (χ3v) is 12.2. The molecule has 10 aromatic carbocycles. The lowest BCUT2D eigenvalue weighted by Gasteiger charge is -2.26. The Labute approximate surface area is 353 Å². The largest absolute Gasteiger partial charge is 0.455 e. The summed E-state index contributed by atoms with van der Waals surface area (Å²) < 4.78 is 9.56. The molecule has 12 aromatic rings. The monoisotopic (exact) mass is 778 g/mol. The third-order valence-electron chi connectivity index (χ3n) is 12.2. The van der Waals surface area contributed by atoms with E-state index in [1.54, 1.807) is 0 Å². The second kappa shape index (κ2) is 14.3. The Bertz CT molecular complexity index is 3470. The van der Waals surface area contributed by atoms with Gasteiger partial charge in [0.1, 0.15) is 11.2 Å². The summed E-state index contributed by atoms with van der Waals surface area (Å²) in [4.78, 5) is 2.33. The fraction of sp³-hybridized carbons (Fsp3) is 0. The number of hydrogen-bond acceptors (Lipinski definition) is 2. The van der Waals surface area contributed by atoms with E-state index in [0.717, 1.165) is 61.3 Å². The third kappa shape index (κ3) is 5.82. The van der Waals surface area contributed by atoms with Gasteiger partial charge in [-0.2, -0.15) is 0 Å². The van der Waals surface area contributed by atoms with E-state index in [-0.39, 0.29) is 0 Å². The molecule has 0 atom stereocenters. The maximum absolute atomic E-state index is 7.18. The van der Waals surface area contributed by atoms with Crippen molar-refractivity contribution in [2.24, 2.45) is 0 Å². The van der Waals surface area contributed by atoms with Gasteiger partial charge in [-0.15, -0.1) is 0 Å². The Hall–Kier alpha value is -8.14. The lowest BCUT2D eigenvalue weighted by atomic mass is 9.94. The number of para-hydroxylation sites is 2. The highest BCUT2D eigenvalue weighted by molar-refractivity contribution is 6.25. The van der Waals surface area contributed by atoms with Crippen LogP contribution in [-0.4, -0.2) is 4.57 Å². The molecule has 0 spiro atoms. The number of furan rings is 1. The van der Waals surface area contributed by atoms with Crippen LogP contribution in [-0.2, 0) is 0 Å². The van der Waals surface area contributed by atoms with Gasteiger partial charge >= 0.3 is 0 Å². The van der Waals surface area contributed by atoms with Crippen LogP contribution in [0.5, 0.6) is 0 Å². The summed E-state index contributed by atoms with van der Waals surface area (Å²) in [5.74, 6) is 0. The first-order chi connectivity index (χ1) is 30.3. The number of fused-ring (bicyclic) bond motifs is 8. The maximum atomic E-state index is 7.18. The highest BCUT2D eigenvalue weighted by atomic mass is 16.3. The minimum Gasteiger partial charge on any atom is -0.455 e. The quantitative estimate of drug-likeness (QED) is 0.161. The molecule has 0 radical (unpaired) electrons. The van der Waals surface area contributed by atoms with Crippen LogP contribution in [0, 0.1) is 0 Å². The molecule has 0 aliphatic heterocycles. The van der Waals surface area contributed by atoms with Crippen molar-refractivity contribution in [1.82, 2.24) is 4.57 Å². The number of benzene rings is 10. The van der Waals surface area contributed by atoms with Crippen molar-refractivity contribution in [1.29, 1.82) is 0 Å². The molecule has 0 N–H and O–H groups in total. The topological polar surface area (TPSA) is 21.3 Å². The molecule has 61 heavy (non-hydrogen) atoms. The smallest absolute Gasteiger partial charge is 0.143 e. The fourth-order valence-corrected chi connectivity index (χ4v) is 9.37. The predicted molar refractivity (Wildman–Crippen MR) is 257 cm³/mol. The van der Waals surface area contributed by atoms with Gasteiger partial charge in [0, 0.05) is 55.9 Å². The molecule has 0 fully saturated rings. The van der Waals surface area contributed by atoms with Gasteiger partial charge in [-0.1, -0.05) is 158 Å². The molecule has 3 heteroatoms. The number of rotatable bonds is 7. The first-order valence-corrected chi connectivity index (χ1v) is 20.8. The number of nitrogens with zero attached hydrogens (tertiary/aromatic N) is 2. The molecule has 286 valence electrons. The molecule has 2 aromatic heterocycles. The lowest BCUT2D eigenvalue weighted by molar-refractivity contribution is 0.670. The molecule has 0 aliphatic carbocycles. The van der Waals surface area contributed by atoms with Crippen LogP contribution >= 0.6 is 0 Å². The van der Waals surface area contributed by atoms with Crippen LogP contribution in [0.2, 0.25) is 0 Å². The van der Waals surface area contributed by atoms with E-state index in [0.29, 0.717) is 0 Å². The van der Waals surface area contributed by atoms with Crippen molar-refractivity contribution in [3.05, 3.63) is 231 Å². The van der Waals surface area contributed by atoms with Crippen LogP contribution in [0.25, 0.3) is 93.6 Å². The summed E-state index contributed by atoms with van der Waals surface area (Å²) in [7, 11) is 0. The molecule has 3 nitrogen and oxygen atoms in total. The summed E-state index contributed by atoms with van der Waals surface area (Å²) >= 11 is 0. The Morgan fingerprint density at radius 3 is 1.56 bits per heavy atom. The Morgan fingerprint density at radius 2 is 0.885 bits per heavy atom. The molecule has 0 saturated carbocycles. The minimum absolute atomic E-state index is 0.843. The van der Waals surface area contributed by atoms with E-state index in [9.17, 15) is 0 Å². The highest BCUT2D eigenvalue weighted by Crippen LogP contribution is 2.47. The average molecular weight is 779 g/mol. The van der Waals surface area contributed by atoms with Crippen molar-refractivity contribution in [3.8, 4) is 39.1 Å². The summed E-state index contributed by atoms with van der Waals surface area (Å²) in [6.45, 7) is 0. The lowest BCUT2D eigenvalue weighted by Crippen LogP contribution is -2.09. The van der Waals surface area contributed by atoms with Gasteiger partial charge in [-0.3, -0.25) is 0 Å². The molecule has 12 rings (SSSR count). The Balaban J connectivity index is 1.06. The van der Waals surface area contributed by atoms with Gasteiger partial charge in [-0.25, -0.2) is 0 Å². The minimum atomic E-state index is 0.843. The van der Waals surface area contributed by atoms with E-state index in [1.165, 1.54) is 49.3 Å². The molecule has 0 saturated heterocycles. The van der Waals surface area contributed by atoms with Gasteiger partial charge in [0.15, 0.2) is 0 Å². The van der Waals surface area contributed by atoms with Crippen LogP contribution in [0.3, 0.4) is 0 Å². The van der Waals surface area contributed by atoms with Crippen molar-refractivity contribution >= 4 is 71.6 Å². The number of hydrogen-bond donors (Lipinski definition) is 0. The van der Waals surface area contributed by atoms with Gasteiger partial charge in [0.2, 0.25) is 0 Å². The first-order valence-electron chi connectivity index (χ1n) is 20.8. The van der Waals surface area contributed by atoms with Crippen molar-refractivity contribution < 1.29 is 4.42 Å². The summed E-state index contributed by atoms with van der Waals surface area (Å²) in [6.07, 6.45) is 0. The zero-order valence-electron chi connectivity index (χ0n) is 33.2. The maximum Gasteiger partial charge on any atom is 0.143 e. The summed E-state index contributed by atoms with van der Waals surface area (Å²) in [5.41, 5.74) is 15.3. The van der Waals surface area contributed by atoms with Crippen molar-refractivity contribution in [2.45, 2.75) is 0 Å². The molecule has 2 heterocycles. The zero-order valence-corrected chi connectivity index (χ0v) is 33.2. The number of aromatic nitrogens is 1. The first kappa shape index (κ1) is 34.9. The van der Waals surface area contributed by atoms with Gasteiger partial charge in [-0.05, 0) is 105 Å². The standard InChI is InChI=1S/C58H38N2O/c1-4-15-39(16-5-1)41-27-31-45(32-28-41)59(46-33-29-42(30-34-46)40-17-6-2-7-18-40)47-35-36-51-55(38-47)61-58-52(37-43-19-10-11-22-48(43)57(51)58)49-24-14-26-54-56(49)50-23-12-13-25-53(50)60(54)44-20-8-3-9-21-44/h1-38H. The van der Waals surface area contributed by atoms with Crippen LogP contribution in [0.4, 0.5) is 17.1 Å². The summed E-state index contributed by atoms with van der Waals surface area (Å²) in [6, 6.07) is 82.6. The second-order valence-electron chi connectivity index (χ2n) is 15.7. The van der Waals surface area contributed by atoms with E-state index < -0.39 is 0 Å². The fourth-order valence-electron chi connectivity index (χ4n) is 9.37. The van der Waals surface area contributed by atoms with E-state index in [1.807, 2.05) is 0 Å². The predicted octanol–water partition coefficient (Wildman–Crippen LogP) is 16.3. The molecule has 0 amide bonds. The number of anilines is 3. The average Bonchev–Trinajstić information content (AvgIpc) is 3.89. The molecule has 0 bridgehead atoms. The van der Waals surface area contributed by atoms with Crippen molar-refractivity contribution in [2.75, 3.05) is 4.90 Å².